The van der Waals surface area contributed by atoms with E-state index in [9.17, 15) is 0 Å². The number of nitrogens with one attached hydrogen (secondary N) is 1. The molecule has 0 aromatic heterocycles. The first-order chi connectivity index (χ1) is 18.3. The van der Waals surface area contributed by atoms with Crippen molar-refractivity contribution in [2.45, 2.75) is 12.6 Å². The van der Waals surface area contributed by atoms with Crippen molar-refractivity contribution >= 4 is 23.9 Å². The summed E-state index contributed by atoms with van der Waals surface area (Å²) in [6.45, 7) is 1.45. The number of aliphatic carboxylic acids is 4. The standard InChI is InChI=1S/C21H30N2O4.2C2H2O4/c1-23(2)18(15-7-9-20(26-5)21(12-15)27-6)14-22-13-16-11-17(24-3)8-10-19(16)25-4;2*3-1(4)2(5)6/h7-12,18,22H,13-14H2,1-6H3;2*(H,3,4)(H,5,6). The van der Waals surface area contributed by atoms with Gasteiger partial charge in [-0.25, -0.2) is 19.2 Å². The van der Waals surface area contributed by atoms with Crippen molar-refractivity contribution in [1.29, 1.82) is 0 Å². The zero-order valence-electron chi connectivity index (χ0n) is 22.5. The summed E-state index contributed by atoms with van der Waals surface area (Å²) >= 11 is 0. The van der Waals surface area contributed by atoms with E-state index in [0.717, 1.165) is 40.7 Å². The maximum atomic E-state index is 9.10. The van der Waals surface area contributed by atoms with Gasteiger partial charge in [0, 0.05) is 24.7 Å². The number of ether oxygens (including phenoxy) is 4. The Morgan fingerprint density at radius 2 is 1.21 bits per heavy atom. The highest BCUT2D eigenvalue weighted by Gasteiger charge is 2.17. The molecule has 0 heterocycles. The van der Waals surface area contributed by atoms with E-state index in [1.54, 1.807) is 28.4 Å². The first kappa shape index (κ1) is 34.4. The van der Waals surface area contributed by atoms with Gasteiger partial charge in [0.1, 0.15) is 11.5 Å². The second-order valence-corrected chi connectivity index (χ2v) is 7.62. The van der Waals surface area contributed by atoms with E-state index in [0.29, 0.717) is 6.54 Å². The molecule has 0 fully saturated rings. The largest absolute Gasteiger partial charge is 0.497 e. The van der Waals surface area contributed by atoms with E-state index in [4.69, 9.17) is 58.6 Å². The lowest BCUT2D eigenvalue weighted by Gasteiger charge is -2.26. The fourth-order valence-electron chi connectivity index (χ4n) is 3.02. The third kappa shape index (κ3) is 12.5. The molecule has 1 atom stereocenters. The Balaban J connectivity index is 0.00000100. The second-order valence-electron chi connectivity index (χ2n) is 7.62. The number of carboxylic acids is 4. The Labute approximate surface area is 225 Å². The monoisotopic (exact) mass is 554 g/mol. The van der Waals surface area contributed by atoms with E-state index in [2.05, 4.69) is 30.4 Å². The van der Waals surface area contributed by atoms with E-state index in [1.807, 2.05) is 30.3 Å². The van der Waals surface area contributed by atoms with Crippen LogP contribution in [-0.2, 0) is 25.7 Å². The fraction of sp³-hybridized carbons (Fsp3) is 0.360. The van der Waals surface area contributed by atoms with Crippen LogP contribution in [0.4, 0.5) is 0 Å². The predicted molar refractivity (Wildman–Crippen MR) is 138 cm³/mol. The molecular weight excluding hydrogens is 520 g/mol. The molecule has 2 rings (SSSR count). The quantitative estimate of drug-likeness (QED) is 0.264. The van der Waals surface area contributed by atoms with Crippen molar-refractivity contribution in [3.05, 3.63) is 47.5 Å². The Morgan fingerprint density at radius 3 is 1.62 bits per heavy atom. The van der Waals surface area contributed by atoms with Crippen molar-refractivity contribution < 1.29 is 58.6 Å². The van der Waals surface area contributed by atoms with Crippen molar-refractivity contribution in [2.75, 3.05) is 49.1 Å². The van der Waals surface area contributed by atoms with Gasteiger partial charge in [0.2, 0.25) is 0 Å². The Morgan fingerprint density at radius 1 is 0.718 bits per heavy atom. The third-order valence-corrected chi connectivity index (χ3v) is 4.92. The van der Waals surface area contributed by atoms with E-state index < -0.39 is 23.9 Å². The van der Waals surface area contributed by atoms with Crippen LogP contribution in [0.1, 0.15) is 17.2 Å². The smallest absolute Gasteiger partial charge is 0.414 e. The molecule has 0 spiro atoms. The van der Waals surface area contributed by atoms with Gasteiger partial charge in [0.25, 0.3) is 0 Å². The summed E-state index contributed by atoms with van der Waals surface area (Å²) in [6, 6.07) is 12.0. The molecule has 0 aliphatic heterocycles. The van der Waals surface area contributed by atoms with Crippen LogP contribution >= 0.6 is 0 Å². The molecule has 0 amide bonds. The molecular formula is C25H34N2O12. The minimum absolute atomic E-state index is 0.182. The lowest BCUT2D eigenvalue weighted by Crippen LogP contribution is -2.31. The van der Waals surface area contributed by atoms with Gasteiger partial charge in [0.05, 0.1) is 28.4 Å². The lowest BCUT2D eigenvalue weighted by molar-refractivity contribution is -0.159. The summed E-state index contributed by atoms with van der Waals surface area (Å²) < 4.78 is 21.6. The topological polar surface area (TPSA) is 201 Å². The van der Waals surface area contributed by atoms with Gasteiger partial charge in [-0.1, -0.05) is 6.07 Å². The summed E-state index contributed by atoms with van der Waals surface area (Å²) in [5.74, 6) is -4.17. The first-order valence-electron chi connectivity index (χ1n) is 11.0. The zero-order chi connectivity index (χ0) is 30.1. The summed E-state index contributed by atoms with van der Waals surface area (Å²) in [5, 5.41) is 33.1. The van der Waals surface area contributed by atoms with E-state index in [-0.39, 0.29) is 6.04 Å². The molecule has 39 heavy (non-hydrogen) atoms. The van der Waals surface area contributed by atoms with Gasteiger partial charge < -0.3 is 49.6 Å². The molecule has 0 bridgehead atoms. The Hall–Kier alpha value is -4.56. The molecule has 0 saturated heterocycles. The van der Waals surface area contributed by atoms with Crippen LogP contribution in [0.15, 0.2) is 36.4 Å². The van der Waals surface area contributed by atoms with E-state index in [1.165, 1.54) is 0 Å². The molecule has 2 aromatic carbocycles. The van der Waals surface area contributed by atoms with Gasteiger partial charge in [-0.15, -0.1) is 0 Å². The van der Waals surface area contributed by atoms with Crippen molar-refractivity contribution in [3.63, 3.8) is 0 Å². The summed E-state index contributed by atoms with van der Waals surface area (Å²) in [7, 11) is 10.8. The number of likely N-dealkylation sites (N-methyl/N-ethyl adjacent to an activating group) is 1. The summed E-state index contributed by atoms with van der Waals surface area (Å²) in [5.41, 5.74) is 2.21. The predicted octanol–water partition coefficient (Wildman–Crippen LogP) is 1.42. The fourth-order valence-corrected chi connectivity index (χ4v) is 3.02. The number of nitrogens with zero attached hydrogens (tertiary/aromatic N) is 1. The summed E-state index contributed by atoms with van der Waals surface area (Å²) in [4.78, 5) is 38.6. The highest BCUT2D eigenvalue weighted by molar-refractivity contribution is 6.27. The van der Waals surface area contributed by atoms with Crippen LogP contribution in [0.3, 0.4) is 0 Å². The molecule has 2 aromatic rings. The number of carbonyl (C=O) groups is 4. The van der Waals surface area contributed by atoms with Crippen LogP contribution in [0.25, 0.3) is 0 Å². The molecule has 216 valence electrons. The van der Waals surface area contributed by atoms with Gasteiger partial charge >= 0.3 is 23.9 Å². The molecule has 1 unspecified atom stereocenters. The molecule has 0 aliphatic rings. The number of hydrogen-bond acceptors (Lipinski definition) is 10. The van der Waals surface area contributed by atoms with Crippen LogP contribution in [0.5, 0.6) is 23.0 Å². The zero-order valence-corrected chi connectivity index (χ0v) is 22.5. The molecule has 14 heteroatoms. The van der Waals surface area contributed by atoms with Crippen LogP contribution in [0.2, 0.25) is 0 Å². The number of methoxy groups -OCH3 is 4. The highest BCUT2D eigenvalue weighted by Crippen LogP contribution is 2.31. The minimum Gasteiger partial charge on any atom is -0.497 e. The minimum atomic E-state index is -1.82. The normalized spacial score (nSPS) is 10.5. The SMILES string of the molecule is COc1ccc(OC)c(CNCC(c2ccc(OC)c(OC)c2)N(C)C)c1.O=C(O)C(=O)O.O=C(O)C(=O)O. The molecule has 0 radical (unpaired) electrons. The number of hydrogen-bond donors (Lipinski definition) is 5. The number of rotatable bonds is 10. The van der Waals surface area contributed by atoms with Crippen LogP contribution < -0.4 is 24.3 Å². The van der Waals surface area contributed by atoms with E-state index >= 15 is 0 Å². The lowest BCUT2D eigenvalue weighted by atomic mass is 10.0. The maximum absolute atomic E-state index is 9.10. The van der Waals surface area contributed by atoms with Crippen LogP contribution in [0, 0.1) is 0 Å². The first-order valence-corrected chi connectivity index (χ1v) is 11.0. The Bertz CT molecular complexity index is 1060. The van der Waals surface area contributed by atoms with Crippen molar-refractivity contribution in [3.8, 4) is 23.0 Å². The summed E-state index contributed by atoms with van der Waals surface area (Å²) in [6.07, 6.45) is 0. The molecule has 0 aliphatic carbocycles. The van der Waals surface area contributed by atoms with Gasteiger partial charge in [-0.3, -0.25) is 0 Å². The maximum Gasteiger partial charge on any atom is 0.414 e. The molecule has 0 saturated carbocycles. The van der Waals surface area contributed by atoms with Gasteiger partial charge in [-0.05, 0) is 50.0 Å². The molecule has 14 nitrogen and oxygen atoms in total. The highest BCUT2D eigenvalue weighted by atomic mass is 16.5. The third-order valence-electron chi connectivity index (χ3n) is 4.92. The number of carboxylic acid groups (broad SMARTS) is 4. The van der Waals surface area contributed by atoms with Crippen LogP contribution in [-0.4, -0.2) is 98.3 Å². The average Bonchev–Trinajstić information content (AvgIpc) is 2.90. The Kier molecular flexibility index (Phi) is 15.7. The number of benzene rings is 2. The second kappa shape index (κ2) is 17.8. The van der Waals surface area contributed by atoms with Gasteiger partial charge in [-0.2, -0.15) is 0 Å². The molecule has 5 N–H and O–H groups in total. The average molecular weight is 555 g/mol. The van der Waals surface area contributed by atoms with Crippen molar-refractivity contribution in [1.82, 2.24) is 10.2 Å². The van der Waals surface area contributed by atoms with Crippen molar-refractivity contribution in [2.24, 2.45) is 0 Å². The van der Waals surface area contributed by atoms with Gasteiger partial charge in [0.15, 0.2) is 11.5 Å².